The Hall–Kier alpha value is -5.57. The van der Waals surface area contributed by atoms with Crippen molar-refractivity contribution < 1.29 is 29.7 Å². The fourth-order valence-corrected chi connectivity index (χ4v) is 2.75. The van der Waals surface area contributed by atoms with E-state index < -0.39 is 23.0 Å². The van der Waals surface area contributed by atoms with Crippen molar-refractivity contribution in [2.45, 2.75) is 0 Å². The van der Waals surface area contributed by atoms with Crippen molar-refractivity contribution in [3.05, 3.63) is 133 Å². The first-order valence-corrected chi connectivity index (χ1v) is 9.39. The van der Waals surface area contributed by atoms with Gasteiger partial charge in [-0.15, -0.1) is 0 Å². The third-order valence-corrected chi connectivity index (χ3v) is 4.25. The van der Waals surface area contributed by atoms with Crippen LogP contribution in [-0.2, 0) is 9.59 Å². The van der Waals surface area contributed by atoms with Gasteiger partial charge in [-0.3, -0.25) is 24.2 Å². The molecule has 0 spiro atoms. The van der Waals surface area contributed by atoms with Crippen LogP contribution in [0.2, 0.25) is 0 Å². The summed E-state index contributed by atoms with van der Waals surface area (Å²) in [5, 5.41) is 28.1. The van der Waals surface area contributed by atoms with Gasteiger partial charge in [0, 0.05) is 16.7 Å². The summed E-state index contributed by atoms with van der Waals surface area (Å²) in [5.41, 5.74) is 28.4. The number of allylic oxidation sites excluding steroid dienone is 8. The summed E-state index contributed by atoms with van der Waals surface area (Å²) in [7, 11) is 0. The maximum Gasteiger partial charge on any atom is 0.201 e. The van der Waals surface area contributed by atoms with Gasteiger partial charge in [0.25, 0.3) is 0 Å². The average Bonchev–Trinajstić information content (AvgIpc) is 2.85. The van der Waals surface area contributed by atoms with E-state index in [0.717, 1.165) is 6.07 Å². The Balaban J connectivity index is 0.000000296. The maximum atomic E-state index is 12.0. The van der Waals surface area contributed by atoms with Gasteiger partial charge < -0.3 is 37.4 Å². The molecule has 0 atom stereocenters. The second-order valence-corrected chi connectivity index (χ2v) is 6.31. The lowest BCUT2D eigenvalue weighted by molar-refractivity contribution is -0.114. The molecule has 0 aliphatic heterocycles. The molecular formula is C23H16N6O6-2. The van der Waals surface area contributed by atoms with Crippen LogP contribution in [0, 0.1) is 0 Å². The quantitative estimate of drug-likeness (QED) is 0.181. The Morgan fingerprint density at radius 3 is 1.60 bits per heavy atom. The lowest BCUT2D eigenvalue weighted by Crippen LogP contribution is -2.13. The highest BCUT2D eigenvalue weighted by molar-refractivity contribution is 6.22. The first-order chi connectivity index (χ1) is 16.7. The summed E-state index contributed by atoms with van der Waals surface area (Å²) < 4.78 is 0. The van der Waals surface area contributed by atoms with E-state index in [2.05, 4.69) is 0 Å². The van der Waals surface area contributed by atoms with E-state index in [9.17, 15) is 24.6 Å². The van der Waals surface area contributed by atoms with Crippen LogP contribution in [0.15, 0.2) is 90.1 Å². The number of nitrogens with zero attached hydrogens (tertiary/aromatic N) is 6. The number of fused-ring (bicyclic) bond motifs is 1. The van der Waals surface area contributed by atoms with Gasteiger partial charge in [0.15, 0.2) is 28.8 Å². The number of phenols is 3. The lowest BCUT2D eigenvalue weighted by Gasteiger charge is -2.11. The summed E-state index contributed by atoms with van der Waals surface area (Å²) in [6.07, 6.45) is 9.46. The van der Waals surface area contributed by atoms with E-state index >= 15 is 0 Å². The lowest BCUT2D eigenvalue weighted by atomic mass is 9.90. The molecule has 0 saturated heterocycles. The molecule has 2 aromatic rings. The number of rotatable bonds is 2. The molecule has 4 rings (SSSR count). The molecule has 12 heteroatoms. The molecule has 2 aliphatic rings. The van der Waals surface area contributed by atoms with Gasteiger partial charge in [0.1, 0.15) is 0 Å². The van der Waals surface area contributed by atoms with Crippen molar-refractivity contribution in [2.24, 2.45) is 0 Å². The van der Waals surface area contributed by atoms with E-state index in [1.807, 2.05) is 0 Å². The van der Waals surface area contributed by atoms with Crippen molar-refractivity contribution in [1.29, 1.82) is 0 Å². The van der Waals surface area contributed by atoms with Gasteiger partial charge in [-0.05, 0) is 24.3 Å². The highest BCUT2D eigenvalue weighted by atomic mass is 16.3. The molecule has 176 valence electrons. The standard InChI is InChI=1S/C13H10O4.C10H6O2.2N3/c14-10-7-6-9(12(16)13(10)17)11(15)8-4-2-1-3-5-8;11-9-5-1-3-7-8(9)4-2-6-10(7)12;2*1-3-2/h1-7,14,16-17H;1-6H;;/q;;2*-1. The minimum atomic E-state index is -0.688. The number of ketones is 3. The van der Waals surface area contributed by atoms with E-state index in [1.54, 1.807) is 54.6 Å². The molecule has 2 aromatic carbocycles. The molecule has 0 amide bonds. The van der Waals surface area contributed by atoms with Crippen molar-refractivity contribution in [1.82, 2.24) is 0 Å². The normalized spacial score (nSPS) is 12.3. The Kier molecular flexibility index (Phi) is 10.8. The van der Waals surface area contributed by atoms with Gasteiger partial charge in [-0.2, -0.15) is 0 Å². The molecule has 3 N–H and O–H groups in total. The summed E-state index contributed by atoms with van der Waals surface area (Å²) in [5.74, 6) is -2.37. The van der Waals surface area contributed by atoms with Crippen LogP contribution < -0.4 is 0 Å². The van der Waals surface area contributed by atoms with Crippen LogP contribution >= 0.6 is 0 Å². The summed E-state index contributed by atoms with van der Waals surface area (Å²) in [4.78, 5) is 37.4. The first-order valence-electron chi connectivity index (χ1n) is 9.39. The van der Waals surface area contributed by atoms with Crippen LogP contribution in [0.5, 0.6) is 17.2 Å². The maximum absolute atomic E-state index is 12.0. The third kappa shape index (κ3) is 7.51. The van der Waals surface area contributed by atoms with Gasteiger partial charge in [0.05, 0.1) is 5.56 Å². The van der Waals surface area contributed by atoms with Crippen molar-refractivity contribution >= 4 is 17.3 Å². The Morgan fingerprint density at radius 1 is 0.686 bits per heavy atom. The average molecular weight is 472 g/mol. The number of aromatic hydroxyl groups is 3. The van der Waals surface area contributed by atoms with E-state index in [-0.39, 0.29) is 17.1 Å². The Morgan fingerprint density at radius 2 is 1.14 bits per heavy atom. The molecule has 0 saturated carbocycles. The van der Waals surface area contributed by atoms with Gasteiger partial charge in [-0.25, -0.2) is 0 Å². The van der Waals surface area contributed by atoms with Crippen LogP contribution in [0.4, 0.5) is 0 Å². The third-order valence-electron chi connectivity index (χ3n) is 4.25. The van der Waals surface area contributed by atoms with Crippen LogP contribution in [0.1, 0.15) is 15.9 Å². The van der Waals surface area contributed by atoms with Crippen LogP contribution in [0.3, 0.4) is 0 Å². The van der Waals surface area contributed by atoms with Crippen molar-refractivity contribution in [2.75, 3.05) is 0 Å². The highest BCUT2D eigenvalue weighted by Crippen LogP contribution is 2.37. The van der Waals surface area contributed by atoms with Gasteiger partial charge in [0.2, 0.25) is 5.75 Å². The molecule has 0 fully saturated rings. The molecule has 0 aromatic heterocycles. The van der Waals surface area contributed by atoms with Crippen LogP contribution in [0.25, 0.3) is 31.9 Å². The van der Waals surface area contributed by atoms with E-state index in [1.165, 1.54) is 28.0 Å². The summed E-state index contributed by atoms with van der Waals surface area (Å²) >= 11 is 0. The molecule has 12 nitrogen and oxygen atoms in total. The largest absolute Gasteiger partial charge is 0.504 e. The zero-order valence-electron chi connectivity index (χ0n) is 17.8. The Bertz CT molecular complexity index is 1260. The predicted molar refractivity (Wildman–Crippen MR) is 126 cm³/mol. The minimum absolute atomic E-state index is 0.0495. The summed E-state index contributed by atoms with van der Waals surface area (Å²) in [6, 6.07) is 10.8. The fraction of sp³-hybridized carbons (Fsp3) is 0. The molecule has 35 heavy (non-hydrogen) atoms. The molecule has 2 aliphatic carbocycles. The van der Waals surface area contributed by atoms with Gasteiger partial charge in [-0.1, -0.05) is 54.6 Å². The topological polar surface area (TPSA) is 229 Å². The van der Waals surface area contributed by atoms with Crippen LogP contribution in [-0.4, -0.2) is 32.7 Å². The monoisotopic (exact) mass is 472 g/mol. The molecule has 0 heterocycles. The molecule has 0 bridgehead atoms. The van der Waals surface area contributed by atoms with Gasteiger partial charge >= 0.3 is 0 Å². The zero-order valence-corrected chi connectivity index (χ0v) is 17.8. The molecular weight excluding hydrogens is 456 g/mol. The fourth-order valence-electron chi connectivity index (χ4n) is 2.75. The predicted octanol–water partition coefficient (Wildman–Crippen LogP) is 4.88. The van der Waals surface area contributed by atoms with E-state index in [0.29, 0.717) is 16.7 Å². The SMILES string of the molecule is O=C(c1ccccc1)c1ccc(O)c(O)c1O.O=C1C=CC=C2C(=O)C=CC=C12.[N-]=[N+]=[N-].[N-]=[N+]=[N-]. The van der Waals surface area contributed by atoms with E-state index in [4.69, 9.17) is 27.2 Å². The zero-order chi connectivity index (χ0) is 26.4. The van der Waals surface area contributed by atoms with Crippen molar-refractivity contribution in [3.8, 4) is 17.2 Å². The molecule has 0 radical (unpaired) electrons. The number of carbonyl (C=O) groups is 3. The summed E-state index contributed by atoms with van der Waals surface area (Å²) in [6.45, 7) is 0. The number of hydrogen-bond donors (Lipinski definition) is 3. The number of phenolic OH excluding ortho intramolecular Hbond substituents is 3. The number of benzene rings is 2. The Labute approximate surface area is 197 Å². The highest BCUT2D eigenvalue weighted by Gasteiger charge is 2.21. The molecule has 0 unspecified atom stereocenters. The second kappa shape index (κ2) is 13.8. The minimum Gasteiger partial charge on any atom is -0.504 e. The second-order valence-electron chi connectivity index (χ2n) is 6.31. The van der Waals surface area contributed by atoms with Crippen molar-refractivity contribution in [3.63, 3.8) is 0 Å². The number of hydrogen-bond acceptors (Lipinski definition) is 6. The smallest absolute Gasteiger partial charge is 0.201 e. The first kappa shape index (κ1) is 27.5. The number of carbonyl (C=O) groups excluding carboxylic acids is 3.